The van der Waals surface area contributed by atoms with Crippen LogP contribution in [0.25, 0.3) is 0 Å². The van der Waals surface area contributed by atoms with Crippen molar-refractivity contribution < 1.29 is 9.84 Å². The molecule has 1 aliphatic heterocycles. The minimum atomic E-state index is -0.378. The standard InChI is InChI=1S/C14H30N2O2/c1-12(2)18-11-14(17)10-16(3)9-7-13-6-4-5-8-15-13/h12-15,17H,4-11H2,1-3H3. The predicted molar refractivity (Wildman–Crippen MR) is 74.9 cm³/mol. The SMILES string of the molecule is CC(C)OCC(O)CN(C)CCC1CCCCN1. The van der Waals surface area contributed by atoms with E-state index in [1.54, 1.807) is 0 Å². The largest absolute Gasteiger partial charge is 0.389 e. The van der Waals surface area contributed by atoms with Crippen molar-refractivity contribution in [3.05, 3.63) is 0 Å². The summed E-state index contributed by atoms with van der Waals surface area (Å²) >= 11 is 0. The maximum atomic E-state index is 9.82. The summed E-state index contributed by atoms with van der Waals surface area (Å²) in [5.74, 6) is 0. The fraction of sp³-hybridized carbons (Fsp3) is 1.00. The molecule has 0 amide bonds. The Morgan fingerprint density at radius 3 is 2.78 bits per heavy atom. The molecule has 2 atom stereocenters. The minimum absolute atomic E-state index is 0.191. The van der Waals surface area contributed by atoms with Crippen LogP contribution in [0.1, 0.15) is 39.5 Å². The average molecular weight is 258 g/mol. The van der Waals surface area contributed by atoms with Crippen molar-refractivity contribution in [2.24, 2.45) is 0 Å². The third-order valence-corrected chi connectivity index (χ3v) is 3.42. The van der Waals surface area contributed by atoms with Gasteiger partial charge >= 0.3 is 0 Å². The minimum Gasteiger partial charge on any atom is -0.389 e. The Bertz CT molecular complexity index is 206. The quantitative estimate of drug-likeness (QED) is 0.687. The molecule has 1 rings (SSSR count). The van der Waals surface area contributed by atoms with Crippen LogP contribution < -0.4 is 5.32 Å². The lowest BCUT2D eigenvalue weighted by Crippen LogP contribution is -2.39. The molecule has 0 aliphatic carbocycles. The van der Waals surface area contributed by atoms with E-state index in [4.69, 9.17) is 4.74 Å². The van der Waals surface area contributed by atoms with Gasteiger partial charge in [-0.15, -0.1) is 0 Å². The molecule has 1 heterocycles. The molecule has 4 heteroatoms. The van der Waals surface area contributed by atoms with Crippen LogP contribution >= 0.6 is 0 Å². The van der Waals surface area contributed by atoms with E-state index in [1.165, 1.54) is 32.2 Å². The summed E-state index contributed by atoms with van der Waals surface area (Å²) in [5.41, 5.74) is 0. The number of ether oxygens (including phenoxy) is 1. The van der Waals surface area contributed by atoms with E-state index < -0.39 is 0 Å². The Morgan fingerprint density at radius 1 is 1.39 bits per heavy atom. The first-order valence-electron chi connectivity index (χ1n) is 7.29. The van der Waals surface area contributed by atoms with E-state index in [0.717, 1.165) is 6.54 Å². The third kappa shape index (κ3) is 7.31. The number of hydrogen-bond acceptors (Lipinski definition) is 4. The Morgan fingerprint density at radius 2 is 2.17 bits per heavy atom. The third-order valence-electron chi connectivity index (χ3n) is 3.42. The fourth-order valence-corrected chi connectivity index (χ4v) is 2.35. The zero-order valence-electron chi connectivity index (χ0n) is 12.2. The Kier molecular flexibility index (Phi) is 7.82. The Balaban J connectivity index is 2.06. The van der Waals surface area contributed by atoms with Crippen molar-refractivity contribution in [3.63, 3.8) is 0 Å². The van der Waals surface area contributed by atoms with Crippen LogP contribution in [-0.2, 0) is 4.74 Å². The zero-order valence-corrected chi connectivity index (χ0v) is 12.2. The zero-order chi connectivity index (χ0) is 13.4. The van der Waals surface area contributed by atoms with Crippen LogP contribution in [0.2, 0.25) is 0 Å². The molecule has 0 bridgehead atoms. The summed E-state index contributed by atoms with van der Waals surface area (Å²) in [5, 5.41) is 13.4. The fourth-order valence-electron chi connectivity index (χ4n) is 2.35. The highest BCUT2D eigenvalue weighted by atomic mass is 16.5. The molecule has 2 N–H and O–H groups in total. The number of likely N-dealkylation sites (N-methyl/N-ethyl adjacent to an activating group) is 1. The van der Waals surface area contributed by atoms with Gasteiger partial charge in [-0.3, -0.25) is 0 Å². The van der Waals surface area contributed by atoms with Crippen LogP contribution in [-0.4, -0.2) is 61.5 Å². The van der Waals surface area contributed by atoms with Crippen LogP contribution in [0, 0.1) is 0 Å². The van der Waals surface area contributed by atoms with E-state index in [-0.39, 0.29) is 12.2 Å². The maximum absolute atomic E-state index is 9.82. The van der Waals surface area contributed by atoms with Gasteiger partial charge in [0.15, 0.2) is 0 Å². The molecule has 18 heavy (non-hydrogen) atoms. The molecule has 0 aromatic carbocycles. The van der Waals surface area contributed by atoms with E-state index in [2.05, 4.69) is 17.3 Å². The van der Waals surface area contributed by atoms with Crippen molar-refractivity contribution in [3.8, 4) is 0 Å². The van der Waals surface area contributed by atoms with E-state index in [9.17, 15) is 5.11 Å². The van der Waals surface area contributed by atoms with Gasteiger partial charge in [0.05, 0.1) is 18.8 Å². The van der Waals surface area contributed by atoms with Gasteiger partial charge in [0, 0.05) is 12.6 Å². The van der Waals surface area contributed by atoms with Crippen molar-refractivity contribution in [2.45, 2.75) is 57.8 Å². The molecule has 108 valence electrons. The number of aliphatic hydroxyl groups is 1. The van der Waals surface area contributed by atoms with Crippen LogP contribution in [0.5, 0.6) is 0 Å². The molecule has 0 radical (unpaired) electrons. The van der Waals surface area contributed by atoms with E-state index >= 15 is 0 Å². The van der Waals surface area contributed by atoms with Gasteiger partial charge in [-0.2, -0.15) is 0 Å². The van der Waals surface area contributed by atoms with Crippen LogP contribution in [0.15, 0.2) is 0 Å². The molecule has 0 saturated carbocycles. The van der Waals surface area contributed by atoms with Gasteiger partial charge in [-0.05, 0) is 53.2 Å². The second-order valence-corrected chi connectivity index (χ2v) is 5.73. The topological polar surface area (TPSA) is 44.7 Å². The van der Waals surface area contributed by atoms with Gasteiger partial charge in [0.1, 0.15) is 0 Å². The number of nitrogens with one attached hydrogen (secondary N) is 1. The number of aliphatic hydroxyl groups excluding tert-OH is 1. The molecule has 1 fully saturated rings. The lowest BCUT2D eigenvalue weighted by molar-refractivity contribution is -0.00588. The predicted octanol–water partition coefficient (Wildman–Crippen LogP) is 1.24. The average Bonchev–Trinajstić information content (AvgIpc) is 2.35. The first-order valence-corrected chi connectivity index (χ1v) is 7.29. The summed E-state index contributed by atoms with van der Waals surface area (Å²) in [6.07, 6.45) is 4.96. The molecule has 2 unspecified atom stereocenters. The van der Waals surface area contributed by atoms with Crippen molar-refractivity contribution >= 4 is 0 Å². The maximum Gasteiger partial charge on any atom is 0.0900 e. The molecule has 0 aromatic heterocycles. The number of hydrogen-bond donors (Lipinski definition) is 2. The van der Waals surface area contributed by atoms with E-state index in [1.807, 2.05) is 13.8 Å². The lowest BCUT2D eigenvalue weighted by atomic mass is 10.0. The molecular weight excluding hydrogens is 228 g/mol. The molecular formula is C14H30N2O2. The molecule has 4 nitrogen and oxygen atoms in total. The van der Waals surface area contributed by atoms with Crippen molar-refractivity contribution in [1.29, 1.82) is 0 Å². The van der Waals surface area contributed by atoms with Gasteiger partial charge in [0.25, 0.3) is 0 Å². The smallest absolute Gasteiger partial charge is 0.0900 e. The van der Waals surface area contributed by atoms with Gasteiger partial charge in [-0.1, -0.05) is 6.42 Å². The second kappa shape index (κ2) is 8.86. The second-order valence-electron chi connectivity index (χ2n) is 5.73. The number of rotatable bonds is 8. The number of piperidine rings is 1. The summed E-state index contributed by atoms with van der Waals surface area (Å²) in [6.45, 7) is 7.31. The van der Waals surface area contributed by atoms with Gasteiger partial charge in [-0.25, -0.2) is 0 Å². The molecule has 1 aliphatic rings. The van der Waals surface area contributed by atoms with Gasteiger partial charge < -0.3 is 20.1 Å². The first-order chi connectivity index (χ1) is 8.58. The van der Waals surface area contributed by atoms with Gasteiger partial charge in [0.2, 0.25) is 0 Å². The number of nitrogens with zero attached hydrogens (tertiary/aromatic N) is 1. The summed E-state index contributed by atoms with van der Waals surface area (Å²) < 4.78 is 5.41. The van der Waals surface area contributed by atoms with Crippen LogP contribution in [0.4, 0.5) is 0 Å². The Labute approximate surface area is 112 Å². The highest BCUT2D eigenvalue weighted by Crippen LogP contribution is 2.10. The Hall–Kier alpha value is -0.160. The molecule has 0 spiro atoms. The highest BCUT2D eigenvalue weighted by Gasteiger charge is 2.14. The summed E-state index contributed by atoms with van der Waals surface area (Å²) in [7, 11) is 2.07. The molecule has 1 saturated heterocycles. The normalized spacial score (nSPS) is 22.7. The monoisotopic (exact) mass is 258 g/mol. The van der Waals surface area contributed by atoms with Crippen LogP contribution in [0.3, 0.4) is 0 Å². The molecule has 0 aromatic rings. The summed E-state index contributed by atoms with van der Waals surface area (Å²) in [4.78, 5) is 2.20. The van der Waals surface area contributed by atoms with E-state index in [0.29, 0.717) is 19.2 Å². The first kappa shape index (κ1) is 15.9. The van der Waals surface area contributed by atoms with Crippen molar-refractivity contribution in [2.75, 3.05) is 33.3 Å². The lowest BCUT2D eigenvalue weighted by Gasteiger charge is -2.27. The van der Waals surface area contributed by atoms with Crippen molar-refractivity contribution in [1.82, 2.24) is 10.2 Å². The highest BCUT2D eigenvalue weighted by molar-refractivity contribution is 4.73. The summed E-state index contributed by atoms with van der Waals surface area (Å²) in [6, 6.07) is 0.672.